The molecule has 1 atom stereocenters. The van der Waals surface area contributed by atoms with Gasteiger partial charge in [0.2, 0.25) is 0 Å². The minimum absolute atomic E-state index is 0.218. The molecule has 5 aromatic rings. The SMILES string of the molecule is Cc1ccc(S(=O)(=O)N(c2ccccc2)c2n[nH]c3c2C=CC(c2ccccc2)(c2ccsc2)C3)cc1. The van der Waals surface area contributed by atoms with Crippen molar-refractivity contribution in [1.82, 2.24) is 10.2 Å². The minimum atomic E-state index is -3.93. The van der Waals surface area contributed by atoms with Gasteiger partial charge < -0.3 is 0 Å². The molecule has 0 amide bonds. The van der Waals surface area contributed by atoms with E-state index in [1.165, 1.54) is 15.4 Å². The van der Waals surface area contributed by atoms with Crippen LogP contribution in [0.5, 0.6) is 0 Å². The number of para-hydroxylation sites is 1. The standard InChI is InChI=1S/C30H25N3O2S2/c1-22-12-14-26(15-13-22)37(34,35)33(25-10-6-3-7-11-25)29-27-16-18-30(20-28(27)31-32-29,24-17-19-36-21-24)23-8-4-2-5-9-23/h2-19,21H,20H2,1H3,(H,31,32). The van der Waals surface area contributed by atoms with Crippen molar-refractivity contribution in [3.8, 4) is 0 Å². The lowest BCUT2D eigenvalue weighted by Gasteiger charge is -2.34. The van der Waals surface area contributed by atoms with Gasteiger partial charge in [0.1, 0.15) is 0 Å². The fraction of sp³-hybridized carbons (Fsp3) is 0.100. The van der Waals surface area contributed by atoms with Crippen LogP contribution in [0.25, 0.3) is 6.08 Å². The van der Waals surface area contributed by atoms with Crippen molar-refractivity contribution in [1.29, 1.82) is 0 Å². The van der Waals surface area contributed by atoms with Crippen LogP contribution < -0.4 is 4.31 Å². The van der Waals surface area contributed by atoms with E-state index in [-0.39, 0.29) is 10.3 Å². The molecule has 0 fully saturated rings. The van der Waals surface area contributed by atoms with Crippen LogP contribution >= 0.6 is 11.3 Å². The molecule has 0 saturated carbocycles. The lowest BCUT2D eigenvalue weighted by atomic mass is 9.69. The molecule has 7 heteroatoms. The van der Waals surface area contributed by atoms with Gasteiger partial charge in [0.15, 0.2) is 5.82 Å². The smallest absolute Gasteiger partial charge is 0.269 e. The summed E-state index contributed by atoms with van der Waals surface area (Å²) in [6.07, 6.45) is 4.84. The van der Waals surface area contributed by atoms with Gasteiger partial charge in [0.25, 0.3) is 10.0 Å². The van der Waals surface area contributed by atoms with Gasteiger partial charge in [-0.25, -0.2) is 12.7 Å². The number of sulfonamides is 1. The van der Waals surface area contributed by atoms with Crippen molar-refractivity contribution in [3.63, 3.8) is 0 Å². The predicted molar refractivity (Wildman–Crippen MR) is 150 cm³/mol. The first-order valence-corrected chi connectivity index (χ1v) is 14.4. The summed E-state index contributed by atoms with van der Waals surface area (Å²) < 4.78 is 29.4. The van der Waals surface area contributed by atoms with Gasteiger partial charge in [-0.15, -0.1) is 0 Å². The predicted octanol–water partition coefficient (Wildman–Crippen LogP) is 6.86. The molecule has 1 aliphatic rings. The van der Waals surface area contributed by atoms with Gasteiger partial charge in [-0.3, -0.25) is 5.10 Å². The third-order valence-electron chi connectivity index (χ3n) is 6.92. The summed E-state index contributed by atoms with van der Waals surface area (Å²) in [5.41, 5.74) is 5.21. The number of nitrogens with zero attached hydrogens (tertiary/aromatic N) is 2. The van der Waals surface area contributed by atoms with E-state index in [0.29, 0.717) is 17.9 Å². The van der Waals surface area contributed by atoms with E-state index in [1.807, 2.05) is 49.4 Å². The number of aromatic nitrogens is 2. The monoisotopic (exact) mass is 523 g/mol. The minimum Gasteiger partial charge on any atom is -0.280 e. The maximum atomic E-state index is 14.0. The van der Waals surface area contributed by atoms with E-state index in [9.17, 15) is 8.42 Å². The Morgan fingerprint density at radius 3 is 2.27 bits per heavy atom. The molecule has 5 nitrogen and oxygen atoms in total. The maximum absolute atomic E-state index is 14.0. The number of thiophene rings is 1. The van der Waals surface area contributed by atoms with Gasteiger partial charge in [-0.05, 0) is 59.1 Å². The number of aromatic amines is 1. The molecule has 3 aromatic carbocycles. The lowest BCUT2D eigenvalue weighted by molar-refractivity contribution is 0.595. The van der Waals surface area contributed by atoms with E-state index in [4.69, 9.17) is 0 Å². The number of allylic oxidation sites excluding steroid dienone is 1. The second-order valence-corrected chi connectivity index (χ2v) is 11.8. The van der Waals surface area contributed by atoms with Crippen molar-refractivity contribution in [2.75, 3.05) is 4.31 Å². The van der Waals surface area contributed by atoms with E-state index in [0.717, 1.165) is 16.8 Å². The molecule has 2 heterocycles. The van der Waals surface area contributed by atoms with E-state index < -0.39 is 10.0 Å². The zero-order chi connectivity index (χ0) is 25.5. The fourth-order valence-corrected chi connectivity index (χ4v) is 7.17. The van der Waals surface area contributed by atoms with Crippen molar-refractivity contribution in [3.05, 3.63) is 136 Å². The first-order valence-electron chi connectivity index (χ1n) is 12.0. The molecule has 2 aromatic heterocycles. The molecule has 0 aliphatic heterocycles. The normalized spacial score (nSPS) is 16.9. The lowest BCUT2D eigenvalue weighted by Crippen LogP contribution is -2.31. The Kier molecular flexibility index (Phi) is 5.82. The van der Waals surface area contributed by atoms with Crippen molar-refractivity contribution < 1.29 is 8.42 Å². The van der Waals surface area contributed by atoms with Gasteiger partial charge in [0.05, 0.1) is 10.6 Å². The highest BCUT2D eigenvalue weighted by molar-refractivity contribution is 7.93. The van der Waals surface area contributed by atoms with E-state index in [2.05, 4.69) is 57.4 Å². The average molecular weight is 524 g/mol. The Morgan fingerprint density at radius 2 is 1.59 bits per heavy atom. The Hall–Kier alpha value is -3.94. The van der Waals surface area contributed by atoms with Gasteiger partial charge >= 0.3 is 0 Å². The number of H-pyrrole nitrogens is 1. The largest absolute Gasteiger partial charge is 0.280 e. The highest BCUT2D eigenvalue weighted by Crippen LogP contribution is 2.45. The summed E-state index contributed by atoms with van der Waals surface area (Å²) in [7, 11) is -3.93. The third-order valence-corrected chi connectivity index (χ3v) is 9.34. The number of hydrogen-bond acceptors (Lipinski definition) is 4. The second-order valence-electron chi connectivity index (χ2n) is 9.22. The Balaban J connectivity index is 1.50. The molecule has 1 aliphatic carbocycles. The first kappa shape index (κ1) is 23.5. The highest BCUT2D eigenvalue weighted by atomic mass is 32.2. The summed E-state index contributed by atoms with van der Waals surface area (Å²) in [5, 5.41) is 12.1. The molecular weight excluding hydrogens is 498 g/mol. The molecule has 1 unspecified atom stereocenters. The summed E-state index contributed by atoms with van der Waals surface area (Å²) in [5.74, 6) is 0.366. The van der Waals surface area contributed by atoms with Crippen LogP contribution in [0, 0.1) is 6.92 Å². The van der Waals surface area contributed by atoms with Crippen LogP contribution in [0.1, 0.15) is 27.9 Å². The van der Waals surface area contributed by atoms with Crippen molar-refractivity contribution in [2.45, 2.75) is 23.7 Å². The zero-order valence-electron chi connectivity index (χ0n) is 20.2. The Morgan fingerprint density at radius 1 is 0.892 bits per heavy atom. The second kappa shape index (κ2) is 9.18. The number of anilines is 2. The molecule has 0 radical (unpaired) electrons. The van der Waals surface area contributed by atoms with Gasteiger partial charge in [-0.2, -0.15) is 16.4 Å². The molecule has 1 N–H and O–H groups in total. The number of fused-ring (bicyclic) bond motifs is 1. The molecule has 0 bridgehead atoms. The van der Waals surface area contributed by atoms with Crippen LogP contribution in [0.3, 0.4) is 0 Å². The molecule has 0 spiro atoms. The summed E-state index contributed by atoms with van der Waals surface area (Å²) in [4.78, 5) is 0.218. The highest BCUT2D eigenvalue weighted by Gasteiger charge is 2.39. The third kappa shape index (κ3) is 4.00. The van der Waals surface area contributed by atoms with E-state index >= 15 is 0 Å². The van der Waals surface area contributed by atoms with Crippen LogP contribution in [-0.4, -0.2) is 18.6 Å². The molecule has 6 rings (SSSR count). The van der Waals surface area contributed by atoms with Crippen LogP contribution in [0.15, 0.2) is 113 Å². The summed E-state index contributed by atoms with van der Waals surface area (Å²) in [6.45, 7) is 1.94. The van der Waals surface area contributed by atoms with Crippen molar-refractivity contribution in [2.24, 2.45) is 0 Å². The molecule has 184 valence electrons. The summed E-state index contributed by atoms with van der Waals surface area (Å²) >= 11 is 1.67. The zero-order valence-corrected chi connectivity index (χ0v) is 21.8. The average Bonchev–Trinajstić information content (AvgIpc) is 3.61. The number of nitrogens with one attached hydrogen (secondary N) is 1. The maximum Gasteiger partial charge on any atom is 0.269 e. The van der Waals surface area contributed by atoms with Gasteiger partial charge in [-0.1, -0.05) is 78.4 Å². The van der Waals surface area contributed by atoms with E-state index in [1.54, 1.807) is 35.6 Å². The number of benzene rings is 3. The molecular formula is C30H25N3O2S2. The number of aryl methyl sites for hydroxylation is 1. The quantitative estimate of drug-likeness (QED) is 0.264. The number of rotatable bonds is 6. The van der Waals surface area contributed by atoms with Crippen LogP contribution in [-0.2, 0) is 21.9 Å². The first-order chi connectivity index (χ1) is 18.0. The molecule has 0 saturated heterocycles. The number of hydrogen-bond donors (Lipinski definition) is 1. The fourth-order valence-electron chi connectivity index (χ4n) is 4.97. The van der Waals surface area contributed by atoms with Gasteiger partial charge in [0, 0.05) is 23.1 Å². The summed E-state index contributed by atoms with van der Waals surface area (Å²) in [6, 6.07) is 28.6. The van der Waals surface area contributed by atoms with Crippen molar-refractivity contribution >= 4 is 38.9 Å². The molecule has 37 heavy (non-hydrogen) atoms. The van der Waals surface area contributed by atoms with Crippen LogP contribution in [0.2, 0.25) is 0 Å². The van der Waals surface area contributed by atoms with Crippen LogP contribution in [0.4, 0.5) is 11.5 Å². The topological polar surface area (TPSA) is 66.1 Å². The Labute approximate surface area is 220 Å². The Bertz CT molecular complexity index is 1660.